The second-order valence-corrected chi connectivity index (χ2v) is 15.0. The van der Waals surface area contributed by atoms with Crippen molar-refractivity contribution in [1.29, 1.82) is 5.26 Å². The molecule has 0 aliphatic heterocycles. The van der Waals surface area contributed by atoms with Gasteiger partial charge in [0, 0.05) is 32.2 Å². The highest BCUT2D eigenvalue weighted by Crippen LogP contribution is 2.37. The molecule has 49 heavy (non-hydrogen) atoms. The first-order valence-electron chi connectivity index (χ1n) is 15.8. The Balaban J connectivity index is 1.54. The maximum Gasteiger partial charge on any atom is 0.416 e. The van der Waals surface area contributed by atoms with Crippen molar-refractivity contribution in [1.82, 2.24) is 15.6 Å². The van der Waals surface area contributed by atoms with Gasteiger partial charge in [-0.15, -0.1) is 0 Å². The zero-order valence-electron chi connectivity index (χ0n) is 27.7. The van der Waals surface area contributed by atoms with E-state index >= 15 is 0 Å². The fourth-order valence-electron chi connectivity index (χ4n) is 4.94. The molecule has 0 spiro atoms. The fourth-order valence-corrected chi connectivity index (χ4v) is 5.93. The lowest BCUT2D eigenvalue weighted by atomic mass is 10.1. The third-order valence-corrected chi connectivity index (χ3v) is 10.5. The molecule has 15 heteroatoms. The van der Waals surface area contributed by atoms with Crippen molar-refractivity contribution in [2.45, 2.75) is 57.3 Å². The number of nitrogens with one attached hydrogen (secondary N) is 3. The highest BCUT2D eigenvalue weighted by molar-refractivity contribution is 7.93. The average Bonchev–Trinajstić information content (AvgIpc) is 3.79. The van der Waals surface area contributed by atoms with Gasteiger partial charge in [-0.1, -0.05) is 25.1 Å². The number of halogens is 3. The van der Waals surface area contributed by atoms with Crippen molar-refractivity contribution in [3.63, 3.8) is 0 Å². The number of aliphatic hydroxyl groups is 1. The molecule has 264 valence electrons. The summed E-state index contributed by atoms with van der Waals surface area (Å²) in [6.45, 7) is 5.47. The van der Waals surface area contributed by atoms with E-state index < -0.39 is 45.1 Å². The van der Waals surface area contributed by atoms with Gasteiger partial charge in [-0.2, -0.15) is 18.4 Å². The number of nitrogens with zero attached hydrogens (tertiary/aromatic N) is 3. The van der Waals surface area contributed by atoms with Gasteiger partial charge in [-0.25, -0.2) is 13.4 Å². The van der Waals surface area contributed by atoms with Crippen molar-refractivity contribution in [3.05, 3.63) is 82.9 Å². The van der Waals surface area contributed by atoms with Crippen molar-refractivity contribution in [3.8, 4) is 11.8 Å². The summed E-state index contributed by atoms with van der Waals surface area (Å²) in [4.78, 5) is 18.2. The Morgan fingerprint density at radius 1 is 1.16 bits per heavy atom. The van der Waals surface area contributed by atoms with Crippen LogP contribution in [0, 0.1) is 23.2 Å². The monoisotopic (exact) mass is 702 g/mol. The lowest BCUT2D eigenvalue weighted by Gasteiger charge is -2.26. The maximum absolute atomic E-state index is 13.7. The van der Waals surface area contributed by atoms with E-state index in [0.717, 1.165) is 22.9 Å². The van der Waals surface area contributed by atoms with E-state index in [-0.39, 0.29) is 31.1 Å². The highest BCUT2D eigenvalue weighted by atomic mass is 32.2. The lowest BCUT2D eigenvalue weighted by molar-refractivity contribution is -0.137. The Kier molecular flexibility index (Phi) is 12.1. The minimum absolute atomic E-state index is 0.0111. The van der Waals surface area contributed by atoms with Gasteiger partial charge >= 0.3 is 6.18 Å². The lowest BCUT2D eigenvalue weighted by Crippen LogP contribution is -2.50. The Hall–Kier alpha value is -4.39. The topological polar surface area (TPSA) is 157 Å². The quantitative estimate of drug-likeness (QED) is 0.168. The van der Waals surface area contributed by atoms with Crippen LogP contribution in [0.2, 0.25) is 0 Å². The van der Waals surface area contributed by atoms with E-state index in [2.05, 4.69) is 27.9 Å². The average molecular weight is 703 g/mol. The van der Waals surface area contributed by atoms with Gasteiger partial charge < -0.3 is 25.8 Å². The number of carbonyl (C=O) groups is 1. The molecule has 1 fully saturated rings. The second-order valence-electron chi connectivity index (χ2n) is 12.4. The summed E-state index contributed by atoms with van der Waals surface area (Å²) in [6.07, 6.45) is -4.73. The standard InChI is InChI=1S/C34H41F3N6O5S/c1-21(2)49(46,47)43(4)32-15-25(14-31(42-32)40-18-26-12-22(26)3)33(45)41-29(20-48-28-10-8-23(16-38)9-11-28)30(44)19-39-17-24-6-5-7-27(13-24)34(35,36)37/h5-11,13-15,21-22,26,29-30,39,44H,12,17-20H2,1-4H3,(H,40,42)(H,41,45). The molecule has 1 amide bonds. The van der Waals surface area contributed by atoms with Gasteiger partial charge in [0.05, 0.1) is 34.6 Å². The number of sulfonamides is 1. The molecular formula is C34H41F3N6O5S. The van der Waals surface area contributed by atoms with E-state index in [9.17, 15) is 31.5 Å². The molecule has 0 radical (unpaired) electrons. The molecule has 4 rings (SSSR count). The second kappa shape index (κ2) is 15.9. The normalized spacial score (nSPS) is 17.1. The van der Waals surface area contributed by atoms with Crippen LogP contribution in [0.15, 0.2) is 60.7 Å². The maximum atomic E-state index is 13.7. The molecule has 4 atom stereocenters. The molecule has 4 N–H and O–H groups in total. The number of hydrogen-bond acceptors (Lipinski definition) is 9. The van der Waals surface area contributed by atoms with E-state index in [1.165, 1.54) is 45.2 Å². The number of alkyl halides is 3. The number of ether oxygens (including phenoxy) is 1. The van der Waals surface area contributed by atoms with Gasteiger partial charge in [0.15, 0.2) is 0 Å². The number of pyridine rings is 1. The molecule has 3 aromatic rings. The number of hydrogen-bond donors (Lipinski definition) is 4. The Morgan fingerprint density at radius 3 is 2.47 bits per heavy atom. The number of nitriles is 1. The van der Waals surface area contributed by atoms with Crippen LogP contribution < -0.4 is 25.0 Å². The van der Waals surface area contributed by atoms with Gasteiger partial charge in [0.2, 0.25) is 10.0 Å². The largest absolute Gasteiger partial charge is 0.491 e. The predicted octanol–water partition coefficient (Wildman–Crippen LogP) is 4.54. The minimum Gasteiger partial charge on any atom is -0.491 e. The number of aliphatic hydroxyl groups excluding tert-OH is 1. The first-order chi connectivity index (χ1) is 23.1. The molecule has 1 aliphatic carbocycles. The van der Waals surface area contributed by atoms with Crippen molar-refractivity contribution in [2.24, 2.45) is 11.8 Å². The summed E-state index contributed by atoms with van der Waals surface area (Å²) in [5.41, 5.74) is 0.0448. The molecule has 2 aromatic carbocycles. The van der Waals surface area contributed by atoms with Gasteiger partial charge in [0.25, 0.3) is 5.91 Å². The van der Waals surface area contributed by atoms with Crippen LogP contribution in [0.5, 0.6) is 5.75 Å². The number of aromatic nitrogens is 1. The molecule has 11 nitrogen and oxygen atoms in total. The van der Waals surface area contributed by atoms with E-state index in [0.29, 0.717) is 41.1 Å². The van der Waals surface area contributed by atoms with Crippen LogP contribution in [-0.4, -0.2) is 68.6 Å². The summed E-state index contributed by atoms with van der Waals surface area (Å²) < 4.78 is 72.3. The molecule has 1 aromatic heterocycles. The van der Waals surface area contributed by atoms with Crippen molar-refractivity contribution < 1.29 is 36.2 Å². The van der Waals surface area contributed by atoms with Crippen molar-refractivity contribution in [2.75, 3.05) is 36.4 Å². The molecule has 1 heterocycles. The molecule has 0 saturated heterocycles. The fraction of sp³-hybridized carbons (Fsp3) is 0.441. The molecular weight excluding hydrogens is 661 g/mol. The van der Waals surface area contributed by atoms with Gasteiger partial charge in [-0.3, -0.25) is 9.10 Å². The predicted molar refractivity (Wildman–Crippen MR) is 180 cm³/mol. The molecule has 0 bridgehead atoms. The van der Waals surface area contributed by atoms with Crippen molar-refractivity contribution >= 4 is 27.6 Å². The molecule has 4 unspecified atom stereocenters. The Bertz CT molecular complexity index is 1750. The minimum atomic E-state index is -4.50. The third kappa shape index (κ3) is 10.3. The first kappa shape index (κ1) is 37.4. The van der Waals surface area contributed by atoms with Crippen LogP contribution in [-0.2, 0) is 22.7 Å². The zero-order chi connectivity index (χ0) is 35.9. The van der Waals surface area contributed by atoms with Gasteiger partial charge in [0.1, 0.15) is 24.0 Å². The third-order valence-electron chi connectivity index (χ3n) is 8.33. The summed E-state index contributed by atoms with van der Waals surface area (Å²) in [5.74, 6) is 1.04. The van der Waals surface area contributed by atoms with E-state index in [1.54, 1.807) is 24.3 Å². The summed E-state index contributed by atoms with van der Waals surface area (Å²) in [7, 11) is -2.42. The van der Waals surface area contributed by atoms with Crippen LogP contribution in [0.1, 0.15) is 54.2 Å². The first-order valence-corrected chi connectivity index (χ1v) is 17.3. The van der Waals surface area contributed by atoms with E-state index in [1.807, 2.05) is 6.07 Å². The van der Waals surface area contributed by atoms with Crippen LogP contribution in [0.4, 0.5) is 24.8 Å². The number of anilines is 2. The van der Waals surface area contributed by atoms with Crippen LogP contribution in [0.3, 0.4) is 0 Å². The SMILES string of the molecule is CC1CC1CNc1cc(C(=O)NC(COc2ccc(C#N)cc2)C(O)CNCc2cccc(C(F)(F)F)c2)cc(N(C)S(=O)(=O)C(C)C)n1. The van der Waals surface area contributed by atoms with E-state index in [4.69, 9.17) is 10.00 Å². The Labute approximate surface area is 284 Å². The summed E-state index contributed by atoms with van der Waals surface area (Å²) >= 11 is 0. The summed E-state index contributed by atoms with van der Waals surface area (Å²) in [6, 6.07) is 14.8. The van der Waals surface area contributed by atoms with Gasteiger partial charge in [-0.05, 0) is 80.1 Å². The number of rotatable bonds is 16. The smallest absolute Gasteiger partial charge is 0.416 e. The number of amides is 1. The molecule has 1 saturated carbocycles. The Morgan fingerprint density at radius 2 is 1.86 bits per heavy atom. The number of carbonyl (C=O) groups excluding carboxylic acids is 1. The van der Waals surface area contributed by atoms with Crippen LogP contribution in [0.25, 0.3) is 0 Å². The number of benzene rings is 2. The van der Waals surface area contributed by atoms with Crippen LogP contribution >= 0.6 is 0 Å². The highest BCUT2D eigenvalue weighted by Gasteiger charge is 2.33. The summed E-state index contributed by atoms with van der Waals surface area (Å²) in [5, 5.41) is 28.4. The zero-order valence-corrected chi connectivity index (χ0v) is 28.5. The molecule has 1 aliphatic rings.